The number of nitrogens with one attached hydrogen (secondary N) is 2. The summed E-state index contributed by atoms with van der Waals surface area (Å²) >= 11 is 0. The first kappa shape index (κ1) is 17.3. The summed E-state index contributed by atoms with van der Waals surface area (Å²) in [6.07, 6.45) is 0.139. The van der Waals surface area contributed by atoms with E-state index in [9.17, 15) is 4.79 Å². The van der Waals surface area contributed by atoms with Gasteiger partial charge in [-0.25, -0.2) is 0 Å². The van der Waals surface area contributed by atoms with Crippen molar-refractivity contribution in [3.63, 3.8) is 0 Å². The normalized spacial score (nSPS) is 12.5. The van der Waals surface area contributed by atoms with Crippen molar-refractivity contribution in [3.8, 4) is 5.75 Å². The third-order valence-electron chi connectivity index (χ3n) is 3.58. The fourth-order valence-corrected chi connectivity index (χ4v) is 2.53. The maximum Gasteiger partial charge on any atom is 0.255 e. The molecule has 1 heterocycles. The van der Waals surface area contributed by atoms with Gasteiger partial charge in [0.15, 0.2) is 0 Å². The molecular formula is C18H21ClN2O2. The second kappa shape index (κ2) is 7.49. The van der Waals surface area contributed by atoms with E-state index in [4.69, 9.17) is 4.74 Å². The summed E-state index contributed by atoms with van der Waals surface area (Å²) in [5, 5.41) is 6.19. The van der Waals surface area contributed by atoms with Gasteiger partial charge in [-0.05, 0) is 61.4 Å². The third kappa shape index (κ3) is 4.24. The van der Waals surface area contributed by atoms with E-state index in [0.717, 1.165) is 24.5 Å². The molecule has 4 nitrogen and oxygen atoms in total. The molecule has 0 saturated carbocycles. The maximum absolute atomic E-state index is 12.3. The molecule has 2 aromatic carbocycles. The Labute approximate surface area is 142 Å². The van der Waals surface area contributed by atoms with Crippen molar-refractivity contribution < 1.29 is 9.53 Å². The van der Waals surface area contributed by atoms with E-state index in [-0.39, 0.29) is 24.4 Å². The molecule has 0 aromatic heterocycles. The number of benzene rings is 2. The molecule has 1 aliphatic rings. The molecule has 0 bridgehead atoms. The Balaban J connectivity index is 0.00000192. The van der Waals surface area contributed by atoms with Crippen LogP contribution >= 0.6 is 12.4 Å². The highest BCUT2D eigenvalue weighted by atomic mass is 35.5. The Morgan fingerprint density at radius 1 is 1.09 bits per heavy atom. The van der Waals surface area contributed by atoms with Gasteiger partial charge in [0.1, 0.15) is 5.75 Å². The second-order valence-corrected chi connectivity index (χ2v) is 5.73. The number of halogens is 1. The Hall–Kier alpha value is -2.04. The van der Waals surface area contributed by atoms with Crippen molar-refractivity contribution in [1.29, 1.82) is 0 Å². The standard InChI is InChI=1S/C18H20N2O2.ClH/c1-12(2)22-17-7-5-16(6-8-17)20-18(21)13-3-4-14-10-19-11-15(14)9-13;/h3-9,12,19H,10-11H2,1-2H3,(H,20,21);1H. The number of ether oxygens (including phenoxy) is 1. The minimum absolute atomic E-state index is 0. The Bertz CT molecular complexity index is 684. The number of hydrogen-bond donors (Lipinski definition) is 2. The van der Waals surface area contributed by atoms with Crippen LogP contribution in [0, 0.1) is 0 Å². The van der Waals surface area contributed by atoms with Gasteiger partial charge >= 0.3 is 0 Å². The maximum atomic E-state index is 12.3. The number of hydrogen-bond acceptors (Lipinski definition) is 3. The minimum atomic E-state index is -0.0905. The third-order valence-corrected chi connectivity index (χ3v) is 3.58. The van der Waals surface area contributed by atoms with Crippen LogP contribution in [0.25, 0.3) is 0 Å². The zero-order valence-electron chi connectivity index (χ0n) is 13.3. The van der Waals surface area contributed by atoms with Crippen molar-refractivity contribution >= 4 is 24.0 Å². The van der Waals surface area contributed by atoms with Crippen LogP contribution in [0.1, 0.15) is 35.3 Å². The highest BCUT2D eigenvalue weighted by Crippen LogP contribution is 2.20. The molecule has 122 valence electrons. The average molecular weight is 333 g/mol. The van der Waals surface area contributed by atoms with E-state index < -0.39 is 0 Å². The second-order valence-electron chi connectivity index (χ2n) is 5.73. The van der Waals surface area contributed by atoms with Gasteiger partial charge < -0.3 is 15.4 Å². The molecule has 0 aliphatic carbocycles. The van der Waals surface area contributed by atoms with Crippen LogP contribution in [0.5, 0.6) is 5.75 Å². The van der Waals surface area contributed by atoms with Gasteiger partial charge in [-0.3, -0.25) is 4.79 Å². The molecule has 0 radical (unpaired) electrons. The molecule has 1 amide bonds. The Morgan fingerprint density at radius 3 is 2.48 bits per heavy atom. The summed E-state index contributed by atoms with van der Waals surface area (Å²) < 4.78 is 5.59. The predicted molar refractivity (Wildman–Crippen MR) is 94.4 cm³/mol. The zero-order valence-corrected chi connectivity index (χ0v) is 14.1. The van der Waals surface area contributed by atoms with Gasteiger partial charge in [0.25, 0.3) is 5.91 Å². The number of carbonyl (C=O) groups excluding carboxylic acids is 1. The quantitative estimate of drug-likeness (QED) is 0.896. The average Bonchev–Trinajstić information content (AvgIpc) is 2.96. The van der Waals surface area contributed by atoms with Crippen molar-refractivity contribution in [2.75, 3.05) is 5.32 Å². The molecule has 0 saturated heterocycles. The first-order chi connectivity index (χ1) is 10.6. The number of carbonyl (C=O) groups is 1. The molecule has 2 N–H and O–H groups in total. The molecular weight excluding hydrogens is 312 g/mol. The minimum Gasteiger partial charge on any atom is -0.491 e. The van der Waals surface area contributed by atoms with Crippen LogP contribution in [0.15, 0.2) is 42.5 Å². The summed E-state index contributed by atoms with van der Waals surface area (Å²) in [4.78, 5) is 12.3. The summed E-state index contributed by atoms with van der Waals surface area (Å²) in [5.74, 6) is 0.712. The van der Waals surface area contributed by atoms with E-state index in [1.54, 1.807) is 0 Å². The SMILES string of the molecule is CC(C)Oc1ccc(NC(=O)c2ccc3c(c2)CNC3)cc1.Cl. The summed E-state index contributed by atoms with van der Waals surface area (Å²) in [6.45, 7) is 5.68. The largest absolute Gasteiger partial charge is 0.491 e. The fraction of sp³-hybridized carbons (Fsp3) is 0.278. The van der Waals surface area contributed by atoms with Gasteiger partial charge in [0.2, 0.25) is 0 Å². The molecule has 1 aliphatic heterocycles. The lowest BCUT2D eigenvalue weighted by Crippen LogP contribution is -2.12. The lowest BCUT2D eigenvalue weighted by Gasteiger charge is -2.11. The molecule has 3 rings (SSSR count). The van der Waals surface area contributed by atoms with Crippen molar-refractivity contribution in [3.05, 3.63) is 59.2 Å². The van der Waals surface area contributed by atoms with Gasteiger partial charge in [0.05, 0.1) is 6.10 Å². The van der Waals surface area contributed by atoms with Crippen LogP contribution in [-0.2, 0) is 13.1 Å². The van der Waals surface area contributed by atoms with E-state index in [2.05, 4.69) is 10.6 Å². The van der Waals surface area contributed by atoms with Crippen molar-refractivity contribution in [2.24, 2.45) is 0 Å². The zero-order chi connectivity index (χ0) is 15.5. The molecule has 0 spiro atoms. The topological polar surface area (TPSA) is 50.4 Å². The first-order valence-corrected chi connectivity index (χ1v) is 7.52. The fourth-order valence-electron chi connectivity index (χ4n) is 2.53. The van der Waals surface area contributed by atoms with Crippen LogP contribution < -0.4 is 15.4 Å². The van der Waals surface area contributed by atoms with E-state index in [1.165, 1.54) is 11.1 Å². The van der Waals surface area contributed by atoms with Crippen molar-refractivity contribution in [2.45, 2.75) is 33.0 Å². The lowest BCUT2D eigenvalue weighted by atomic mass is 10.1. The molecule has 0 atom stereocenters. The molecule has 2 aromatic rings. The van der Waals surface area contributed by atoms with Crippen molar-refractivity contribution in [1.82, 2.24) is 5.32 Å². The molecule has 23 heavy (non-hydrogen) atoms. The number of anilines is 1. The number of amides is 1. The van der Waals surface area contributed by atoms with Crippen LogP contribution in [0.4, 0.5) is 5.69 Å². The number of rotatable bonds is 4. The van der Waals surface area contributed by atoms with Gasteiger partial charge in [-0.1, -0.05) is 6.07 Å². The smallest absolute Gasteiger partial charge is 0.255 e. The van der Waals surface area contributed by atoms with E-state index >= 15 is 0 Å². The van der Waals surface area contributed by atoms with Crippen LogP contribution in [0.2, 0.25) is 0 Å². The lowest BCUT2D eigenvalue weighted by molar-refractivity contribution is 0.102. The van der Waals surface area contributed by atoms with Crippen LogP contribution in [0.3, 0.4) is 0 Å². The molecule has 0 fully saturated rings. The first-order valence-electron chi connectivity index (χ1n) is 7.52. The van der Waals surface area contributed by atoms with E-state index in [1.807, 2.05) is 56.3 Å². The summed E-state index contributed by atoms with van der Waals surface area (Å²) in [7, 11) is 0. The predicted octanol–water partition coefficient (Wildman–Crippen LogP) is 3.75. The van der Waals surface area contributed by atoms with Gasteiger partial charge in [0, 0.05) is 24.3 Å². The Morgan fingerprint density at radius 2 is 1.78 bits per heavy atom. The monoisotopic (exact) mass is 332 g/mol. The van der Waals surface area contributed by atoms with Gasteiger partial charge in [-0.2, -0.15) is 0 Å². The summed E-state index contributed by atoms with van der Waals surface area (Å²) in [6, 6.07) is 13.3. The van der Waals surface area contributed by atoms with Gasteiger partial charge in [-0.15, -0.1) is 12.4 Å². The highest BCUT2D eigenvalue weighted by Gasteiger charge is 2.13. The Kier molecular flexibility index (Phi) is 5.64. The number of fused-ring (bicyclic) bond motifs is 1. The summed E-state index contributed by atoms with van der Waals surface area (Å²) in [5.41, 5.74) is 3.92. The van der Waals surface area contributed by atoms with Crippen LogP contribution in [-0.4, -0.2) is 12.0 Å². The van der Waals surface area contributed by atoms with E-state index in [0.29, 0.717) is 5.56 Å². The highest BCUT2D eigenvalue weighted by molar-refractivity contribution is 6.04. The molecule has 5 heteroatoms. The molecule has 0 unspecified atom stereocenters.